The average molecular weight is 293 g/mol. The summed E-state index contributed by atoms with van der Waals surface area (Å²) >= 11 is 0. The molecular formula is C17H24FNO2. The number of hydrogen-bond acceptors (Lipinski definition) is 3. The molecule has 4 heteroatoms. The number of benzene rings is 1. The van der Waals surface area contributed by atoms with E-state index in [1.165, 1.54) is 0 Å². The molecule has 0 spiro atoms. The van der Waals surface area contributed by atoms with Crippen LogP contribution in [-0.2, 0) is 0 Å². The summed E-state index contributed by atoms with van der Waals surface area (Å²) in [5.74, 6) is -0.436. The molecule has 0 radical (unpaired) electrons. The summed E-state index contributed by atoms with van der Waals surface area (Å²) in [5, 5.41) is 20.3. The first-order valence-corrected chi connectivity index (χ1v) is 7.64. The molecule has 0 amide bonds. The molecule has 1 aliphatic carbocycles. The Kier molecular flexibility index (Phi) is 5.51. The van der Waals surface area contributed by atoms with E-state index in [1.54, 1.807) is 30.4 Å². The van der Waals surface area contributed by atoms with Crippen LogP contribution in [0.4, 0.5) is 4.39 Å². The second-order valence-corrected chi connectivity index (χ2v) is 5.84. The number of aliphatic hydroxyl groups excluding tert-OH is 1. The average Bonchev–Trinajstić information content (AvgIpc) is 2.47. The van der Waals surface area contributed by atoms with Crippen LogP contribution in [0.25, 0.3) is 6.08 Å². The minimum absolute atomic E-state index is 0.262. The van der Waals surface area contributed by atoms with Crippen LogP contribution in [-0.4, -0.2) is 22.4 Å². The zero-order valence-corrected chi connectivity index (χ0v) is 12.3. The van der Waals surface area contributed by atoms with E-state index in [0.29, 0.717) is 18.5 Å². The first kappa shape index (κ1) is 16.1. The summed E-state index contributed by atoms with van der Waals surface area (Å²) in [4.78, 5) is 0. The van der Waals surface area contributed by atoms with Gasteiger partial charge >= 0.3 is 0 Å². The molecule has 0 aromatic heterocycles. The van der Waals surface area contributed by atoms with Crippen LogP contribution >= 0.6 is 0 Å². The molecule has 0 saturated heterocycles. The zero-order chi connectivity index (χ0) is 15.3. The van der Waals surface area contributed by atoms with Crippen molar-refractivity contribution < 1.29 is 14.6 Å². The molecule has 116 valence electrons. The topological polar surface area (TPSA) is 66.5 Å². The Morgan fingerprint density at radius 1 is 1.29 bits per heavy atom. The fraction of sp³-hybridized carbons (Fsp3) is 0.529. The van der Waals surface area contributed by atoms with E-state index in [4.69, 9.17) is 5.73 Å². The summed E-state index contributed by atoms with van der Waals surface area (Å²) in [6, 6.07) is 4.93. The summed E-state index contributed by atoms with van der Waals surface area (Å²) in [6.45, 7) is 0.306. The number of halogens is 1. The van der Waals surface area contributed by atoms with Gasteiger partial charge in [-0.05, 0) is 25.8 Å². The monoisotopic (exact) mass is 293 g/mol. The quantitative estimate of drug-likeness (QED) is 0.782. The SMILES string of the molecule is NCCC(O)c1cccc(C=CC2(O)CCCCC2)c1F. The Morgan fingerprint density at radius 2 is 2.00 bits per heavy atom. The van der Waals surface area contributed by atoms with Gasteiger partial charge in [-0.2, -0.15) is 0 Å². The van der Waals surface area contributed by atoms with Gasteiger partial charge in [0.15, 0.2) is 0 Å². The molecule has 1 unspecified atom stereocenters. The molecule has 0 heterocycles. The fourth-order valence-corrected chi connectivity index (χ4v) is 2.84. The van der Waals surface area contributed by atoms with Gasteiger partial charge in [-0.25, -0.2) is 4.39 Å². The van der Waals surface area contributed by atoms with E-state index in [-0.39, 0.29) is 5.56 Å². The molecule has 1 aliphatic rings. The third kappa shape index (κ3) is 4.13. The highest BCUT2D eigenvalue weighted by atomic mass is 19.1. The first-order chi connectivity index (χ1) is 10.1. The highest BCUT2D eigenvalue weighted by Gasteiger charge is 2.26. The molecule has 1 fully saturated rings. The van der Waals surface area contributed by atoms with Crippen molar-refractivity contribution in [1.82, 2.24) is 0 Å². The first-order valence-electron chi connectivity index (χ1n) is 7.64. The van der Waals surface area contributed by atoms with E-state index in [2.05, 4.69) is 0 Å². The molecule has 21 heavy (non-hydrogen) atoms. The van der Waals surface area contributed by atoms with Crippen molar-refractivity contribution in [1.29, 1.82) is 0 Å². The number of hydrogen-bond donors (Lipinski definition) is 3. The van der Waals surface area contributed by atoms with Crippen molar-refractivity contribution in [3.05, 3.63) is 41.2 Å². The second-order valence-electron chi connectivity index (χ2n) is 5.84. The van der Waals surface area contributed by atoms with Crippen LogP contribution in [0.3, 0.4) is 0 Å². The lowest BCUT2D eigenvalue weighted by Gasteiger charge is -2.28. The summed E-state index contributed by atoms with van der Waals surface area (Å²) in [6.07, 6.45) is 7.35. The molecular weight excluding hydrogens is 269 g/mol. The minimum atomic E-state index is -0.888. The highest BCUT2D eigenvalue weighted by molar-refractivity contribution is 5.53. The highest BCUT2D eigenvalue weighted by Crippen LogP contribution is 2.30. The van der Waals surface area contributed by atoms with Crippen LogP contribution in [0.5, 0.6) is 0 Å². The van der Waals surface area contributed by atoms with E-state index >= 15 is 0 Å². The maximum Gasteiger partial charge on any atom is 0.136 e. The van der Waals surface area contributed by atoms with Gasteiger partial charge in [0, 0.05) is 11.1 Å². The van der Waals surface area contributed by atoms with E-state index in [9.17, 15) is 14.6 Å². The molecule has 0 aliphatic heterocycles. The molecule has 1 atom stereocenters. The van der Waals surface area contributed by atoms with Gasteiger partial charge in [-0.15, -0.1) is 0 Å². The van der Waals surface area contributed by atoms with Crippen molar-refractivity contribution in [2.24, 2.45) is 5.73 Å². The van der Waals surface area contributed by atoms with Crippen LogP contribution in [0, 0.1) is 5.82 Å². The normalized spacial score (nSPS) is 19.8. The fourth-order valence-electron chi connectivity index (χ4n) is 2.84. The number of rotatable bonds is 5. The third-order valence-corrected chi connectivity index (χ3v) is 4.15. The van der Waals surface area contributed by atoms with Crippen molar-refractivity contribution >= 4 is 6.08 Å². The van der Waals surface area contributed by atoms with Crippen molar-refractivity contribution in [2.75, 3.05) is 6.54 Å². The standard InChI is InChI=1S/C17H24FNO2/c18-16-13(5-4-6-14(16)15(20)8-12-19)7-11-17(21)9-2-1-3-10-17/h4-7,11,15,20-21H,1-3,8-10,12,19H2. The molecule has 3 nitrogen and oxygen atoms in total. The summed E-state index contributed by atoms with van der Waals surface area (Å²) in [7, 11) is 0. The Balaban J connectivity index is 2.18. The lowest BCUT2D eigenvalue weighted by atomic mass is 9.84. The lowest BCUT2D eigenvalue weighted by Crippen LogP contribution is -2.28. The predicted molar refractivity (Wildman–Crippen MR) is 82.1 cm³/mol. The molecule has 0 bridgehead atoms. The third-order valence-electron chi connectivity index (χ3n) is 4.15. The van der Waals surface area contributed by atoms with E-state index in [1.807, 2.05) is 0 Å². The summed E-state index contributed by atoms with van der Waals surface area (Å²) in [5.41, 5.74) is 5.23. The van der Waals surface area contributed by atoms with Gasteiger partial charge < -0.3 is 15.9 Å². The Labute approximate surface area is 125 Å². The van der Waals surface area contributed by atoms with Crippen LogP contribution in [0.15, 0.2) is 24.3 Å². The molecule has 1 saturated carbocycles. The largest absolute Gasteiger partial charge is 0.388 e. The maximum atomic E-state index is 14.4. The van der Waals surface area contributed by atoms with Crippen LogP contribution < -0.4 is 5.73 Å². The van der Waals surface area contributed by atoms with Gasteiger partial charge in [0.1, 0.15) is 5.82 Å². The van der Waals surface area contributed by atoms with Gasteiger partial charge in [-0.1, -0.05) is 49.6 Å². The minimum Gasteiger partial charge on any atom is -0.388 e. The van der Waals surface area contributed by atoms with Gasteiger partial charge in [0.25, 0.3) is 0 Å². The zero-order valence-electron chi connectivity index (χ0n) is 12.3. The van der Waals surface area contributed by atoms with Gasteiger partial charge in [0.05, 0.1) is 11.7 Å². The van der Waals surface area contributed by atoms with Crippen LogP contribution in [0.1, 0.15) is 55.8 Å². The smallest absolute Gasteiger partial charge is 0.136 e. The number of nitrogens with two attached hydrogens (primary N) is 1. The molecule has 4 N–H and O–H groups in total. The van der Waals surface area contributed by atoms with Crippen LogP contribution in [0.2, 0.25) is 0 Å². The van der Waals surface area contributed by atoms with Crippen molar-refractivity contribution in [3.63, 3.8) is 0 Å². The van der Waals surface area contributed by atoms with Crippen molar-refractivity contribution in [2.45, 2.75) is 50.2 Å². The molecule has 1 aromatic rings. The second kappa shape index (κ2) is 7.16. The Morgan fingerprint density at radius 3 is 2.67 bits per heavy atom. The Hall–Kier alpha value is -1.23. The summed E-state index contributed by atoms with van der Waals surface area (Å²) < 4.78 is 14.4. The van der Waals surface area contributed by atoms with E-state index in [0.717, 1.165) is 32.1 Å². The maximum absolute atomic E-state index is 14.4. The Bertz CT molecular complexity index is 496. The van der Waals surface area contributed by atoms with Gasteiger partial charge in [0.2, 0.25) is 0 Å². The van der Waals surface area contributed by atoms with Gasteiger partial charge in [-0.3, -0.25) is 0 Å². The lowest BCUT2D eigenvalue weighted by molar-refractivity contribution is 0.0521. The molecule has 1 aromatic carbocycles. The molecule has 2 rings (SSSR count). The predicted octanol–water partition coefficient (Wildman–Crippen LogP) is 2.92. The van der Waals surface area contributed by atoms with E-state index < -0.39 is 17.5 Å². The number of aliphatic hydroxyl groups is 2. The van der Waals surface area contributed by atoms with Crippen molar-refractivity contribution in [3.8, 4) is 0 Å².